The summed E-state index contributed by atoms with van der Waals surface area (Å²) in [4.78, 5) is 14.0. The lowest BCUT2D eigenvalue weighted by Crippen LogP contribution is -2.41. The molecule has 0 atom stereocenters. The fourth-order valence-corrected chi connectivity index (χ4v) is 2.43. The van der Waals surface area contributed by atoms with Crippen molar-refractivity contribution in [3.63, 3.8) is 0 Å². The number of carbonyl (C=O) groups is 1. The number of hydrogen-bond acceptors (Lipinski definition) is 2. The van der Waals surface area contributed by atoms with E-state index in [0.29, 0.717) is 19.7 Å². The zero-order valence-electron chi connectivity index (χ0n) is 11.5. The highest BCUT2D eigenvalue weighted by atomic mass is 19.1. The number of likely N-dealkylation sites (tertiary alicyclic amines) is 1. The molecule has 2 rings (SSSR count). The van der Waals surface area contributed by atoms with Gasteiger partial charge >= 0.3 is 0 Å². The normalized spacial score (nSPS) is 16.7. The number of piperidine rings is 1. The molecule has 4 heteroatoms. The molecule has 0 aromatic heterocycles. The number of halogens is 1. The van der Waals surface area contributed by atoms with E-state index in [-0.39, 0.29) is 17.6 Å². The number of aryl methyl sites for hydroxylation is 1. The summed E-state index contributed by atoms with van der Waals surface area (Å²) in [5.41, 5.74) is 1.07. The van der Waals surface area contributed by atoms with Crippen LogP contribution in [0.3, 0.4) is 0 Å². The van der Waals surface area contributed by atoms with Crippen LogP contribution in [0, 0.1) is 12.7 Å². The quantitative estimate of drug-likeness (QED) is 0.841. The molecule has 104 valence electrons. The summed E-state index contributed by atoms with van der Waals surface area (Å²) in [6.45, 7) is 5.80. The largest absolute Gasteiger partial charge is 0.378 e. The lowest BCUT2D eigenvalue weighted by Gasteiger charge is -2.32. The topological polar surface area (TPSA) is 29.5 Å². The molecule has 0 saturated carbocycles. The van der Waals surface area contributed by atoms with Crippen molar-refractivity contribution in [1.29, 1.82) is 0 Å². The molecule has 0 aliphatic carbocycles. The van der Waals surface area contributed by atoms with Crippen molar-refractivity contribution in [2.24, 2.45) is 0 Å². The monoisotopic (exact) mass is 265 g/mol. The van der Waals surface area contributed by atoms with Crippen molar-refractivity contribution in [2.75, 3.05) is 19.7 Å². The Hall–Kier alpha value is -1.42. The van der Waals surface area contributed by atoms with E-state index in [1.807, 2.05) is 13.8 Å². The molecule has 0 radical (unpaired) electrons. The molecule has 0 bridgehead atoms. The van der Waals surface area contributed by atoms with Crippen LogP contribution in [0.25, 0.3) is 0 Å². The van der Waals surface area contributed by atoms with Gasteiger partial charge < -0.3 is 9.64 Å². The first-order chi connectivity index (χ1) is 9.11. The Labute approximate surface area is 113 Å². The zero-order valence-corrected chi connectivity index (χ0v) is 11.5. The highest BCUT2D eigenvalue weighted by molar-refractivity contribution is 5.94. The Kier molecular flexibility index (Phi) is 4.53. The minimum absolute atomic E-state index is 0.176. The van der Waals surface area contributed by atoms with Gasteiger partial charge in [0, 0.05) is 19.7 Å². The highest BCUT2D eigenvalue weighted by Crippen LogP contribution is 2.18. The number of benzene rings is 1. The molecule has 1 heterocycles. The molecular weight excluding hydrogens is 245 g/mol. The summed E-state index contributed by atoms with van der Waals surface area (Å²) in [7, 11) is 0. The van der Waals surface area contributed by atoms with Crippen LogP contribution in [0.1, 0.15) is 35.7 Å². The van der Waals surface area contributed by atoms with Gasteiger partial charge in [0.1, 0.15) is 5.82 Å². The summed E-state index contributed by atoms with van der Waals surface area (Å²) < 4.78 is 19.2. The molecular formula is C15H20FNO2. The number of carbonyl (C=O) groups excluding carboxylic acids is 1. The van der Waals surface area contributed by atoms with Gasteiger partial charge in [-0.25, -0.2) is 4.39 Å². The minimum atomic E-state index is -0.442. The molecule has 19 heavy (non-hydrogen) atoms. The average Bonchev–Trinajstić information content (AvgIpc) is 2.42. The zero-order chi connectivity index (χ0) is 13.8. The number of rotatable bonds is 3. The predicted molar refractivity (Wildman–Crippen MR) is 71.7 cm³/mol. The van der Waals surface area contributed by atoms with Crippen LogP contribution in [0.4, 0.5) is 4.39 Å². The van der Waals surface area contributed by atoms with Crippen LogP contribution in [0.15, 0.2) is 18.2 Å². The van der Waals surface area contributed by atoms with Gasteiger partial charge in [0.15, 0.2) is 0 Å². The van der Waals surface area contributed by atoms with Crippen LogP contribution < -0.4 is 0 Å². The van der Waals surface area contributed by atoms with E-state index in [4.69, 9.17) is 4.74 Å². The Morgan fingerprint density at radius 3 is 2.74 bits per heavy atom. The maximum absolute atomic E-state index is 13.7. The van der Waals surface area contributed by atoms with Crippen LogP contribution in [0.2, 0.25) is 0 Å². The molecule has 1 aliphatic heterocycles. The van der Waals surface area contributed by atoms with E-state index < -0.39 is 5.82 Å². The molecule has 1 fully saturated rings. The van der Waals surface area contributed by atoms with Gasteiger partial charge in [0.25, 0.3) is 5.91 Å². The van der Waals surface area contributed by atoms with Crippen molar-refractivity contribution in [3.8, 4) is 0 Å². The Morgan fingerprint density at radius 1 is 1.42 bits per heavy atom. The Morgan fingerprint density at radius 2 is 2.11 bits per heavy atom. The molecule has 1 amide bonds. The van der Waals surface area contributed by atoms with E-state index in [1.165, 1.54) is 6.07 Å². The Balaban J connectivity index is 2.03. The third-order valence-electron chi connectivity index (χ3n) is 3.48. The summed E-state index contributed by atoms with van der Waals surface area (Å²) in [6, 6.07) is 4.65. The van der Waals surface area contributed by atoms with Gasteiger partial charge in [-0.2, -0.15) is 0 Å². The first-order valence-electron chi connectivity index (χ1n) is 6.79. The number of ether oxygens (including phenoxy) is 1. The third-order valence-corrected chi connectivity index (χ3v) is 3.48. The first-order valence-corrected chi connectivity index (χ1v) is 6.79. The standard InChI is InChI=1S/C15H20FNO2/c1-3-19-12-6-8-17(9-7-12)15(18)13-10-11(2)4-5-14(13)16/h4-5,10,12H,3,6-9H2,1-2H3. The van der Waals surface area contributed by atoms with E-state index in [0.717, 1.165) is 18.4 Å². The van der Waals surface area contributed by atoms with Crippen molar-refractivity contribution in [1.82, 2.24) is 4.90 Å². The van der Waals surface area contributed by atoms with E-state index in [1.54, 1.807) is 17.0 Å². The van der Waals surface area contributed by atoms with Crippen LogP contribution in [0.5, 0.6) is 0 Å². The van der Waals surface area contributed by atoms with Gasteiger partial charge in [-0.1, -0.05) is 11.6 Å². The fourth-order valence-electron chi connectivity index (χ4n) is 2.43. The summed E-state index contributed by atoms with van der Waals surface area (Å²) in [5, 5.41) is 0. The number of nitrogens with zero attached hydrogens (tertiary/aromatic N) is 1. The SMILES string of the molecule is CCOC1CCN(C(=O)c2cc(C)ccc2F)CC1. The lowest BCUT2D eigenvalue weighted by atomic mass is 10.0. The second kappa shape index (κ2) is 6.15. The molecule has 0 unspecified atom stereocenters. The summed E-state index contributed by atoms with van der Waals surface area (Å²) in [5.74, 6) is -0.654. The fraction of sp³-hybridized carbons (Fsp3) is 0.533. The van der Waals surface area contributed by atoms with Crippen LogP contribution in [-0.2, 0) is 4.74 Å². The van der Waals surface area contributed by atoms with Crippen LogP contribution in [-0.4, -0.2) is 36.6 Å². The maximum Gasteiger partial charge on any atom is 0.256 e. The lowest BCUT2D eigenvalue weighted by molar-refractivity contribution is 0.0144. The first kappa shape index (κ1) is 14.0. The second-order valence-electron chi connectivity index (χ2n) is 4.93. The van der Waals surface area contributed by atoms with E-state index in [2.05, 4.69) is 0 Å². The molecule has 1 aliphatic rings. The van der Waals surface area contributed by atoms with Crippen LogP contribution >= 0.6 is 0 Å². The van der Waals surface area contributed by atoms with Crippen molar-refractivity contribution in [3.05, 3.63) is 35.1 Å². The van der Waals surface area contributed by atoms with Crippen molar-refractivity contribution in [2.45, 2.75) is 32.8 Å². The molecule has 3 nitrogen and oxygen atoms in total. The van der Waals surface area contributed by atoms with E-state index >= 15 is 0 Å². The second-order valence-corrected chi connectivity index (χ2v) is 4.93. The average molecular weight is 265 g/mol. The van der Waals surface area contributed by atoms with Crippen molar-refractivity contribution >= 4 is 5.91 Å². The molecule has 0 N–H and O–H groups in total. The van der Waals surface area contributed by atoms with Gasteiger partial charge in [-0.05, 0) is 38.8 Å². The molecule has 1 aromatic rings. The van der Waals surface area contributed by atoms with Gasteiger partial charge in [0.2, 0.25) is 0 Å². The predicted octanol–water partition coefficient (Wildman–Crippen LogP) is 2.78. The maximum atomic E-state index is 13.7. The highest BCUT2D eigenvalue weighted by Gasteiger charge is 2.25. The molecule has 1 saturated heterocycles. The molecule has 1 aromatic carbocycles. The van der Waals surface area contributed by atoms with Gasteiger partial charge in [0.05, 0.1) is 11.7 Å². The number of amides is 1. The Bertz CT molecular complexity index is 453. The smallest absolute Gasteiger partial charge is 0.256 e. The summed E-state index contributed by atoms with van der Waals surface area (Å²) in [6.07, 6.45) is 1.89. The molecule has 0 spiro atoms. The van der Waals surface area contributed by atoms with Crippen molar-refractivity contribution < 1.29 is 13.9 Å². The van der Waals surface area contributed by atoms with Gasteiger partial charge in [-0.3, -0.25) is 4.79 Å². The van der Waals surface area contributed by atoms with Gasteiger partial charge in [-0.15, -0.1) is 0 Å². The minimum Gasteiger partial charge on any atom is -0.378 e. The third kappa shape index (κ3) is 3.32. The number of hydrogen-bond donors (Lipinski definition) is 0. The summed E-state index contributed by atoms with van der Waals surface area (Å²) >= 11 is 0. The van der Waals surface area contributed by atoms with E-state index in [9.17, 15) is 9.18 Å².